The fourth-order valence-corrected chi connectivity index (χ4v) is 1.42. The number of nitrogens with two attached hydrogens (primary N) is 1. The minimum Gasteiger partial charge on any atom is -0.355 e. The van der Waals surface area contributed by atoms with Crippen molar-refractivity contribution in [2.45, 2.75) is 46.1 Å². The first-order chi connectivity index (χ1) is 7.82. The third-order valence-electron chi connectivity index (χ3n) is 2.24. The molecule has 0 unspecified atom stereocenters. The van der Waals surface area contributed by atoms with E-state index in [0.29, 0.717) is 13.1 Å². The summed E-state index contributed by atoms with van der Waals surface area (Å²) in [5.74, 6) is -0.316. The molecule has 0 saturated heterocycles. The van der Waals surface area contributed by atoms with Crippen molar-refractivity contribution in [2.75, 3.05) is 19.6 Å². The maximum atomic E-state index is 12.0. The highest BCUT2D eigenvalue weighted by Gasteiger charge is 2.28. The van der Waals surface area contributed by atoms with E-state index in [9.17, 15) is 9.59 Å². The lowest BCUT2D eigenvalue weighted by atomic mass is 10.1. The van der Waals surface area contributed by atoms with Gasteiger partial charge in [0.15, 0.2) is 0 Å². The molecule has 0 aromatic rings. The largest absolute Gasteiger partial charge is 0.355 e. The molecule has 17 heavy (non-hydrogen) atoms. The number of hydrogen-bond donors (Lipinski definition) is 2. The molecule has 0 saturated carbocycles. The Balaban J connectivity index is 4.43. The molecule has 2 amide bonds. The van der Waals surface area contributed by atoms with Crippen molar-refractivity contribution in [1.82, 2.24) is 10.2 Å². The number of carbonyl (C=O) groups is 2. The van der Waals surface area contributed by atoms with Crippen molar-refractivity contribution < 1.29 is 9.59 Å². The summed E-state index contributed by atoms with van der Waals surface area (Å²) in [4.78, 5) is 25.1. The van der Waals surface area contributed by atoms with Crippen LogP contribution in [0.25, 0.3) is 0 Å². The predicted octanol–water partition coefficient (Wildman–Crippen LogP) is 0.489. The van der Waals surface area contributed by atoms with Crippen LogP contribution >= 0.6 is 0 Å². The normalized spacial score (nSPS) is 11.1. The van der Waals surface area contributed by atoms with Gasteiger partial charge in [0.2, 0.25) is 11.8 Å². The second-order valence-corrected chi connectivity index (χ2v) is 4.80. The summed E-state index contributed by atoms with van der Waals surface area (Å²) < 4.78 is 0. The fraction of sp³-hybridized carbons (Fsp3) is 0.833. The molecule has 0 aliphatic carbocycles. The van der Waals surface area contributed by atoms with E-state index in [2.05, 4.69) is 5.32 Å². The average molecular weight is 243 g/mol. The zero-order valence-electron chi connectivity index (χ0n) is 11.4. The first kappa shape index (κ1) is 15.9. The van der Waals surface area contributed by atoms with E-state index in [4.69, 9.17) is 5.73 Å². The van der Waals surface area contributed by atoms with Gasteiger partial charge in [-0.3, -0.25) is 9.59 Å². The van der Waals surface area contributed by atoms with E-state index < -0.39 is 5.54 Å². The molecule has 0 aliphatic rings. The van der Waals surface area contributed by atoms with Gasteiger partial charge in [-0.1, -0.05) is 13.8 Å². The Morgan fingerprint density at radius 3 is 2.24 bits per heavy atom. The Labute approximate surface area is 104 Å². The molecule has 5 nitrogen and oxygen atoms in total. The van der Waals surface area contributed by atoms with E-state index in [-0.39, 0.29) is 18.4 Å². The molecule has 0 radical (unpaired) electrons. The fourth-order valence-electron chi connectivity index (χ4n) is 1.42. The Bertz CT molecular complexity index is 259. The summed E-state index contributed by atoms with van der Waals surface area (Å²) >= 11 is 0. The first-order valence-electron chi connectivity index (χ1n) is 6.17. The molecule has 0 rings (SSSR count). The van der Waals surface area contributed by atoms with Gasteiger partial charge in [-0.25, -0.2) is 0 Å². The minimum absolute atomic E-state index is 0.0906. The van der Waals surface area contributed by atoms with Crippen molar-refractivity contribution in [3.05, 3.63) is 0 Å². The molecule has 100 valence electrons. The van der Waals surface area contributed by atoms with Crippen LogP contribution in [0.5, 0.6) is 0 Å². The zero-order chi connectivity index (χ0) is 13.5. The van der Waals surface area contributed by atoms with Crippen LogP contribution in [0, 0.1) is 0 Å². The van der Waals surface area contributed by atoms with Crippen molar-refractivity contribution >= 4 is 11.8 Å². The van der Waals surface area contributed by atoms with Crippen molar-refractivity contribution in [3.8, 4) is 0 Å². The standard InChI is InChI=1S/C12H25N3O2/c1-5-7-14-10(16)9-15(8-6-2)11(17)12(3,4)13/h5-9,13H2,1-4H3,(H,14,16). The van der Waals surface area contributed by atoms with Crippen LogP contribution in [0.3, 0.4) is 0 Å². The highest BCUT2D eigenvalue weighted by atomic mass is 16.2. The molecule has 3 N–H and O–H groups in total. The van der Waals surface area contributed by atoms with Crippen LogP contribution < -0.4 is 11.1 Å². The molecular weight excluding hydrogens is 218 g/mol. The summed E-state index contributed by atoms with van der Waals surface area (Å²) in [5.41, 5.74) is 4.83. The average Bonchev–Trinajstić information content (AvgIpc) is 2.23. The molecule has 0 aliphatic heterocycles. The van der Waals surface area contributed by atoms with Crippen molar-refractivity contribution in [1.29, 1.82) is 0 Å². The van der Waals surface area contributed by atoms with Gasteiger partial charge in [-0.2, -0.15) is 0 Å². The number of nitrogens with zero attached hydrogens (tertiary/aromatic N) is 1. The Hall–Kier alpha value is -1.10. The van der Waals surface area contributed by atoms with Crippen molar-refractivity contribution in [3.63, 3.8) is 0 Å². The molecule has 0 aromatic heterocycles. The van der Waals surface area contributed by atoms with Gasteiger partial charge in [0, 0.05) is 13.1 Å². The van der Waals surface area contributed by atoms with Crippen LogP contribution in [0.15, 0.2) is 0 Å². The maximum absolute atomic E-state index is 12.0. The van der Waals surface area contributed by atoms with E-state index in [1.807, 2.05) is 13.8 Å². The second-order valence-electron chi connectivity index (χ2n) is 4.80. The molecule has 0 fully saturated rings. The number of amides is 2. The summed E-state index contributed by atoms with van der Waals surface area (Å²) in [6.07, 6.45) is 1.69. The molecule has 0 aromatic carbocycles. The zero-order valence-corrected chi connectivity index (χ0v) is 11.4. The molecule has 5 heteroatoms. The predicted molar refractivity (Wildman–Crippen MR) is 68.4 cm³/mol. The third kappa shape index (κ3) is 6.26. The van der Waals surface area contributed by atoms with Crippen molar-refractivity contribution in [2.24, 2.45) is 5.73 Å². The minimum atomic E-state index is -0.930. The lowest BCUT2D eigenvalue weighted by Gasteiger charge is -2.28. The lowest BCUT2D eigenvalue weighted by molar-refractivity contribution is -0.139. The van der Waals surface area contributed by atoms with E-state index >= 15 is 0 Å². The van der Waals surface area contributed by atoms with Gasteiger partial charge in [-0.15, -0.1) is 0 Å². The smallest absolute Gasteiger partial charge is 0.242 e. The summed E-state index contributed by atoms with van der Waals surface area (Å²) in [5, 5.41) is 2.75. The van der Waals surface area contributed by atoms with Crippen LogP contribution in [-0.4, -0.2) is 41.9 Å². The number of rotatable bonds is 7. The number of hydrogen-bond acceptors (Lipinski definition) is 3. The van der Waals surface area contributed by atoms with Gasteiger partial charge in [0.05, 0.1) is 12.1 Å². The SMILES string of the molecule is CCCNC(=O)CN(CCC)C(=O)C(C)(C)N. The summed E-state index contributed by atoms with van der Waals surface area (Å²) in [6.45, 7) is 8.54. The van der Waals surface area contributed by atoms with Gasteiger partial charge in [0.1, 0.15) is 0 Å². The molecule has 0 atom stereocenters. The summed E-state index contributed by atoms with van der Waals surface area (Å²) in [7, 11) is 0. The van der Waals surface area contributed by atoms with Crippen LogP contribution in [-0.2, 0) is 9.59 Å². The van der Waals surface area contributed by atoms with Gasteiger partial charge in [0.25, 0.3) is 0 Å². The molecule has 0 spiro atoms. The second kappa shape index (κ2) is 7.27. The van der Waals surface area contributed by atoms with Crippen LogP contribution in [0.1, 0.15) is 40.5 Å². The van der Waals surface area contributed by atoms with Gasteiger partial charge in [-0.05, 0) is 26.7 Å². The number of nitrogens with one attached hydrogen (secondary N) is 1. The quantitative estimate of drug-likeness (QED) is 0.683. The Morgan fingerprint density at radius 2 is 1.82 bits per heavy atom. The Kier molecular flexibility index (Phi) is 6.80. The number of carbonyl (C=O) groups excluding carboxylic acids is 2. The summed E-state index contributed by atoms with van der Waals surface area (Å²) in [6, 6.07) is 0. The van der Waals surface area contributed by atoms with E-state index in [1.165, 1.54) is 4.90 Å². The Morgan fingerprint density at radius 1 is 1.24 bits per heavy atom. The molecule has 0 heterocycles. The van der Waals surface area contributed by atoms with E-state index in [1.54, 1.807) is 13.8 Å². The first-order valence-corrected chi connectivity index (χ1v) is 6.17. The van der Waals surface area contributed by atoms with Gasteiger partial charge < -0.3 is 16.0 Å². The van der Waals surface area contributed by atoms with Crippen LogP contribution in [0.2, 0.25) is 0 Å². The van der Waals surface area contributed by atoms with Gasteiger partial charge >= 0.3 is 0 Å². The van der Waals surface area contributed by atoms with Crippen LogP contribution in [0.4, 0.5) is 0 Å². The maximum Gasteiger partial charge on any atom is 0.242 e. The lowest BCUT2D eigenvalue weighted by Crippen LogP contribution is -2.53. The topological polar surface area (TPSA) is 75.4 Å². The van der Waals surface area contributed by atoms with E-state index in [0.717, 1.165) is 12.8 Å². The third-order valence-corrected chi connectivity index (χ3v) is 2.24. The highest BCUT2D eigenvalue weighted by molar-refractivity contribution is 5.89. The highest BCUT2D eigenvalue weighted by Crippen LogP contribution is 2.05. The monoisotopic (exact) mass is 243 g/mol. The molecular formula is C12H25N3O2. The molecule has 0 bridgehead atoms.